The third-order valence-electron chi connectivity index (χ3n) is 5.30. The molecule has 5 heteroatoms. The molecule has 0 saturated carbocycles. The maximum absolute atomic E-state index is 12.1. The summed E-state index contributed by atoms with van der Waals surface area (Å²) in [4.78, 5) is 12.1. The summed E-state index contributed by atoms with van der Waals surface area (Å²) in [5, 5.41) is 5.17. The molecule has 0 unspecified atom stereocenters. The summed E-state index contributed by atoms with van der Waals surface area (Å²) < 4.78 is 7.66. The molecule has 0 atom stereocenters. The molecule has 0 spiro atoms. The van der Waals surface area contributed by atoms with Crippen LogP contribution in [0.2, 0.25) is 0 Å². The number of benzene rings is 2. The highest BCUT2D eigenvalue weighted by molar-refractivity contribution is 5.99. The number of nitrogens with zero attached hydrogens (tertiary/aromatic N) is 2. The fraction of sp³-hybridized carbons (Fsp3) is 0.385. The fourth-order valence-electron chi connectivity index (χ4n) is 4.26. The summed E-state index contributed by atoms with van der Waals surface area (Å²) in [6, 6.07) is 16.1. The second-order valence-corrected chi connectivity index (χ2v) is 9.94. The van der Waals surface area contributed by atoms with Crippen LogP contribution in [0.15, 0.2) is 59.8 Å². The van der Waals surface area contributed by atoms with Crippen molar-refractivity contribution in [3.8, 4) is 5.75 Å². The Balaban J connectivity index is 1.53. The Kier molecular flexibility index (Phi) is 6.54. The average molecular weight is 420 g/mol. The van der Waals surface area contributed by atoms with Crippen molar-refractivity contribution < 1.29 is 9.53 Å². The molecule has 0 aliphatic rings. The monoisotopic (exact) mass is 419 g/mol. The molecular formula is C26H33N3O2. The molecule has 31 heavy (non-hydrogen) atoms. The summed E-state index contributed by atoms with van der Waals surface area (Å²) >= 11 is 0. The number of rotatable bonds is 7. The van der Waals surface area contributed by atoms with Crippen LogP contribution in [0.3, 0.4) is 0 Å². The van der Waals surface area contributed by atoms with Gasteiger partial charge in [-0.2, -0.15) is 5.10 Å². The number of hydrogen-bond acceptors (Lipinski definition) is 3. The lowest BCUT2D eigenvalue weighted by Gasteiger charge is -2.33. The zero-order valence-corrected chi connectivity index (χ0v) is 19.4. The Morgan fingerprint density at radius 1 is 1.06 bits per heavy atom. The number of ether oxygens (including phenoxy) is 1. The molecule has 1 N–H and O–H groups in total. The van der Waals surface area contributed by atoms with E-state index in [1.165, 1.54) is 5.56 Å². The number of para-hydroxylation sites is 1. The molecule has 0 aliphatic heterocycles. The summed E-state index contributed by atoms with van der Waals surface area (Å²) in [5.74, 6) is 0.372. The van der Waals surface area contributed by atoms with E-state index in [9.17, 15) is 4.79 Å². The number of carbonyl (C=O) groups is 1. The SMILES string of the molecule is Cn1cc(/C=N/NC(=O)COc2ccc(C(C)(C)CC(C)(C)C)cc2)c2ccccc21. The van der Waals surface area contributed by atoms with Gasteiger partial charge in [-0.15, -0.1) is 0 Å². The van der Waals surface area contributed by atoms with Crippen LogP contribution < -0.4 is 10.2 Å². The highest BCUT2D eigenvalue weighted by Gasteiger charge is 2.27. The molecule has 5 nitrogen and oxygen atoms in total. The summed E-state index contributed by atoms with van der Waals surface area (Å²) in [6.07, 6.45) is 4.73. The van der Waals surface area contributed by atoms with Crippen LogP contribution in [0.4, 0.5) is 0 Å². The van der Waals surface area contributed by atoms with Crippen molar-refractivity contribution in [3.05, 3.63) is 65.9 Å². The van der Waals surface area contributed by atoms with E-state index in [-0.39, 0.29) is 23.3 Å². The number of carbonyl (C=O) groups excluding carboxylic acids is 1. The van der Waals surface area contributed by atoms with E-state index in [1.807, 2.05) is 48.1 Å². The smallest absolute Gasteiger partial charge is 0.277 e. The van der Waals surface area contributed by atoms with E-state index < -0.39 is 0 Å². The van der Waals surface area contributed by atoms with Gasteiger partial charge < -0.3 is 9.30 Å². The zero-order chi connectivity index (χ0) is 22.6. The zero-order valence-electron chi connectivity index (χ0n) is 19.4. The lowest BCUT2D eigenvalue weighted by atomic mass is 9.72. The van der Waals surface area contributed by atoms with Crippen molar-refractivity contribution >= 4 is 23.0 Å². The van der Waals surface area contributed by atoms with Gasteiger partial charge in [0.1, 0.15) is 5.75 Å². The maximum Gasteiger partial charge on any atom is 0.277 e. The first-order valence-corrected chi connectivity index (χ1v) is 10.6. The number of aromatic nitrogens is 1. The lowest BCUT2D eigenvalue weighted by molar-refractivity contribution is -0.123. The second kappa shape index (κ2) is 8.96. The number of hydrogen-bond donors (Lipinski definition) is 1. The van der Waals surface area contributed by atoms with Gasteiger partial charge in [-0.05, 0) is 41.0 Å². The van der Waals surface area contributed by atoms with Gasteiger partial charge >= 0.3 is 0 Å². The first-order valence-electron chi connectivity index (χ1n) is 10.6. The molecule has 0 fully saturated rings. The Morgan fingerprint density at radius 2 is 1.74 bits per heavy atom. The standard InChI is InChI=1S/C26H33N3O2/c1-25(2,3)18-26(4,5)20-11-13-21(14-12-20)31-17-24(30)28-27-15-19-16-29(6)23-10-8-7-9-22(19)23/h7-16H,17-18H2,1-6H3,(H,28,30)/b27-15+. The van der Waals surface area contributed by atoms with Gasteiger partial charge in [0, 0.05) is 29.7 Å². The van der Waals surface area contributed by atoms with Gasteiger partial charge in [0.15, 0.2) is 6.61 Å². The topological polar surface area (TPSA) is 55.6 Å². The van der Waals surface area contributed by atoms with Crippen LogP contribution in [0, 0.1) is 5.41 Å². The molecule has 0 aliphatic carbocycles. The molecule has 0 radical (unpaired) electrons. The third-order valence-corrected chi connectivity index (χ3v) is 5.30. The van der Waals surface area contributed by atoms with Crippen LogP contribution in [-0.2, 0) is 17.3 Å². The number of aryl methyl sites for hydroxylation is 1. The molecule has 1 amide bonds. The minimum Gasteiger partial charge on any atom is -0.484 e. The number of hydrazone groups is 1. The van der Waals surface area contributed by atoms with E-state index in [4.69, 9.17) is 4.74 Å². The van der Waals surface area contributed by atoms with Crippen molar-refractivity contribution in [2.45, 2.75) is 46.5 Å². The molecule has 3 rings (SSSR count). The minimum absolute atomic E-state index is 0.0739. The molecular weight excluding hydrogens is 386 g/mol. The predicted octanol–water partition coefficient (Wildman–Crippen LogP) is 5.42. The second-order valence-electron chi connectivity index (χ2n) is 9.94. The first kappa shape index (κ1) is 22.6. The molecule has 1 aromatic heterocycles. The van der Waals surface area contributed by atoms with E-state index >= 15 is 0 Å². The van der Waals surface area contributed by atoms with E-state index in [0.29, 0.717) is 5.75 Å². The van der Waals surface area contributed by atoms with Gasteiger partial charge in [0.2, 0.25) is 0 Å². The number of fused-ring (bicyclic) bond motifs is 1. The Morgan fingerprint density at radius 3 is 2.42 bits per heavy atom. The highest BCUT2D eigenvalue weighted by atomic mass is 16.5. The Labute approximate surface area is 185 Å². The van der Waals surface area contributed by atoms with E-state index in [2.05, 4.69) is 63.3 Å². The molecule has 0 saturated heterocycles. The summed E-state index contributed by atoms with van der Waals surface area (Å²) in [5.41, 5.74) is 6.19. The summed E-state index contributed by atoms with van der Waals surface area (Å²) in [6.45, 7) is 11.2. The molecule has 0 bridgehead atoms. The molecule has 2 aromatic carbocycles. The number of nitrogens with one attached hydrogen (secondary N) is 1. The van der Waals surface area contributed by atoms with Gasteiger partial charge in [0.25, 0.3) is 5.91 Å². The lowest BCUT2D eigenvalue weighted by Crippen LogP contribution is -2.25. The van der Waals surface area contributed by atoms with Crippen molar-refractivity contribution in [3.63, 3.8) is 0 Å². The van der Waals surface area contributed by atoms with Crippen LogP contribution in [0.1, 0.15) is 52.2 Å². The van der Waals surface area contributed by atoms with Crippen molar-refractivity contribution in [1.82, 2.24) is 9.99 Å². The van der Waals surface area contributed by atoms with Crippen LogP contribution >= 0.6 is 0 Å². The maximum atomic E-state index is 12.1. The fourth-order valence-corrected chi connectivity index (χ4v) is 4.26. The molecule has 164 valence electrons. The van der Waals surface area contributed by atoms with E-state index in [1.54, 1.807) is 6.21 Å². The van der Waals surface area contributed by atoms with Gasteiger partial charge in [-0.25, -0.2) is 5.43 Å². The van der Waals surface area contributed by atoms with Crippen LogP contribution in [-0.4, -0.2) is 23.3 Å². The largest absolute Gasteiger partial charge is 0.484 e. The van der Waals surface area contributed by atoms with Gasteiger partial charge in [-0.1, -0.05) is 65.0 Å². The summed E-state index contributed by atoms with van der Waals surface area (Å²) in [7, 11) is 1.99. The van der Waals surface area contributed by atoms with Crippen molar-refractivity contribution in [2.24, 2.45) is 17.6 Å². The van der Waals surface area contributed by atoms with Crippen molar-refractivity contribution in [1.29, 1.82) is 0 Å². The van der Waals surface area contributed by atoms with Crippen molar-refractivity contribution in [2.75, 3.05) is 6.61 Å². The minimum atomic E-state index is -0.298. The molecule has 1 heterocycles. The van der Waals surface area contributed by atoms with Gasteiger partial charge in [-0.3, -0.25) is 4.79 Å². The first-order chi connectivity index (χ1) is 14.5. The van der Waals surface area contributed by atoms with Crippen LogP contribution in [0.5, 0.6) is 5.75 Å². The average Bonchev–Trinajstić information content (AvgIpc) is 3.01. The van der Waals surface area contributed by atoms with E-state index in [0.717, 1.165) is 22.9 Å². The quantitative estimate of drug-likeness (QED) is 0.411. The third kappa shape index (κ3) is 5.97. The Hall–Kier alpha value is -3.08. The predicted molar refractivity (Wildman–Crippen MR) is 128 cm³/mol. The number of amides is 1. The normalized spacial score (nSPS) is 12.5. The Bertz CT molecular complexity index is 1070. The highest BCUT2D eigenvalue weighted by Crippen LogP contribution is 2.36. The van der Waals surface area contributed by atoms with Gasteiger partial charge in [0.05, 0.1) is 6.21 Å². The molecule has 3 aromatic rings. The van der Waals surface area contributed by atoms with Crippen LogP contribution in [0.25, 0.3) is 10.9 Å².